The Labute approximate surface area is 170 Å². The standard InChI is InChI=1S/C21H35N3O3S/c1-6-17(4)19-7-9-20(10-8-19)28(26,27)24-13-11-23(12-14-24)15-21(25)22-18(5)16(2)3/h7-10,16-18H,6,11-15H2,1-5H3,(H,22,25)/t17-,18+/m0/s1. The van der Waals surface area contributed by atoms with Gasteiger partial charge in [0.1, 0.15) is 0 Å². The molecule has 1 aromatic rings. The Bertz CT molecular complexity index is 739. The predicted octanol–water partition coefficient (Wildman–Crippen LogP) is 2.67. The van der Waals surface area contributed by atoms with E-state index in [0.717, 1.165) is 12.0 Å². The van der Waals surface area contributed by atoms with Gasteiger partial charge in [-0.1, -0.05) is 39.8 Å². The van der Waals surface area contributed by atoms with E-state index in [1.54, 1.807) is 12.1 Å². The van der Waals surface area contributed by atoms with E-state index in [1.165, 1.54) is 4.31 Å². The lowest BCUT2D eigenvalue weighted by molar-refractivity contribution is -0.123. The number of carbonyl (C=O) groups excluding carboxylic acids is 1. The van der Waals surface area contributed by atoms with E-state index in [4.69, 9.17) is 0 Å². The fourth-order valence-corrected chi connectivity index (χ4v) is 4.57. The zero-order chi connectivity index (χ0) is 20.9. The number of carbonyl (C=O) groups is 1. The van der Waals surface area contributed by atoms with Crippen LogP contribution in [0.2, 0.25) is 0 Å². The van der Waals surface area contributed by atoms with Crippen molar-refractivity contribution in [1.82, 2.24) is 14.5 Å². The molecule has 1 aliphatic rings. The molecule has 0 spiro atoms. The number of sulfonamides is 1. The molecule has 1 saturated heterocycles. The van der Waals surface area contributed by atoms with Crippen LogP contribution in [0.5, 0.6) is 0 Å². The second-order valence-electron chi connectivity index (χ2n) is 8.16. The quantitative estimate of drug-likeness (QED) is 0.717. The first kappa shape index (κ1) is 22.8. The molecule has 28 heavy (non-hydrogen) atoms. The molecule has 0 aromatic heterocycles. The molecule has 2 rings (SSSR count). The Hall–Kier alpha value is -1.44. The second-order valence-corrected chi connectivity index (χ2v) is 10.1. The zero-order valence-electron chi connectivity index (χ0n) is 17.8. The number of piperazine rings is 1. The Morgan fingerprint density at radius 2 is 1.61 bits per heavy atom. The van der Waals surface area contributed by atoms with E-state index in [2.05, 4.69) is 33.0 Å². The first-order valence-corrected chi connectivity index (χ1v) is 11.7. The predicted molar refractivity (Wildman–Crippen MR) is 113 cm³/mol. The van der Waals surface area contributed by atoms with Gasteiger partial charge in [-0.25, -0.2) is 8.42 Å². The summed E-state index contributed by atoms with van der Waals surface area (Å²) in [5.74, 6) is 0.806. The minimum Gasteiger partial charge on any atom is -0.352 e. The van der Waals surface area contributed by atoms with Gasteiger partial charge in [-0.15, -0.1) is 0 Å². The Kier molecular flexibility index (Phi) is 8.04. The largest absolute Gasteiger partial charge is 0.352 e. The molecule has 1 aromatic carbocycles. The number of rotatable bonds is 8. The van der Waals surface area contributed by atoms with Crippen LogP contribution in [0.3, 0.4) is 0 Å². The summed E-state index contributed by atoms with van der Waals surface area (Å²) < 4.78 is 27.4. The molecule has 158 valence electrons. The van der Waals surface area contributed by atoms with Crippen LogP contribution in [0, 0.1) is 5.92 Å². The zero-order valence-corrected chi connectivity index (χ0v) is 18.6. The molecule has 1 amide bonds. The van der Waals surface area contributed by atoms with Crippen LogP contribution in [0.15, 0.2) is 29.2 Å². The summed E-state index contributed by atoms with van der Waals surface area (Å²) in [4.78, 5) is 14.5. The molecule has 0 unspecified atom stereocenters. The highest BCUT2D eigenvalue weighted by Gasteiger charge is 2.29. The van der Waals surface area contributed by atoms with E-state index in [9.17, 15) is 13.2 Å². The van der Waals surface area contributed by atoms with Crippen LogP contribution in [0.1, 0.15) is 52.5 Å². The molecule has 1 fully saturated rings. The third kappa shape index (κ3) is 5.78. The van der Waals surface area contributed by atoms with Crippen LogP contribution in [0.4, 0.5) is 0 Å². The SMILES string of the molecule is CC[C@H](C)c1ccc(S(=O)(=O)N2CCN(CC(=O)N[C@H](C)C(C)C)CC2)cc1. The lowest BCUT2D eigenvalue weighted by Crippen LogP contribution is -2.51. The lowest BCUT2D eigenvalue weighted by atomic mass is 9.99. The van der Waals surface area contributed by atoms with Gasteiger partial charge in [0.25, 0.3) is 0 Å². The van der Waals surface area contributed by atoms with Gasteiger partial charge in [0.15, 0.2) is 0 Å². The average Bonchev–Trinajstić information content (AvgIpc) is 2.67. The van der Waals surface area contributed by atoms with Crippen LogP contribution >= 0.6 is 0 Å². The third-order valence-electron chi connectivity index (χ3n) is 5.79. The van der Waals surface area contributed by atoms with Gasteiger partial charge in [0.2, 0.25) is 15.9 Å². The van der Waals surface area contributed by atoms with E-state index >= 15 is 0 Å². The molecule has 6 nitrogen and oxygen atoms in total. The highest BCUT2D eigenvalue weighted by molar-refractivity contribution is 7.89. The summed E-state index contributed by atoms with van der Waals surface area (Å²) in [5.41, 5.74) is 1.16. The highest BCUT2D eigenvalue weighted by Crippen LogP contribution is 2.23. The van der Waals surface area contributed by atoms with Crippen LogP contribution in [-0.2, 0) is 14.8 Å². The average molecular weight is 410 g/mol. The van der Waals surface area contributed by atoms with Crippen molar-refractivity contribution >= 4 is 15.9 Å². The Morgan fingerprint density at radius 1 is 1.04 bits per heavy atom. The molecule has 2 atom stereocenters. The molecule has 7 heteroatoms. The number of amides is 1. The summed E-state index contributed by atoms with van der Waals surface area (Å²) in [6.07, 6.45) is 1.03. The molecule has 0 aliphatic carbocycles. The van der Waals surface area contributed by atoms with Crippen molar-refractivity contribution in [3.8, 4) is 0 Å². The number of nitrogens with one attached hydrogen (secondary N) is 1. The second kappa shape index (κ2) is 9.85. The van der Waals surface area contributed by atoms with Crippen molar-refractivity contribution < 1.29 is 13.2 Å². The minimum atomic E-state index is -3.49. The summed E-state index contributed by atoms with van der Waals surface area (Å²) in [7, 11) is -3.49. The molecular formula is C21H35N3O3S. The van der Waals surface area contributed by atoms with Crippen LogP contribution in [0.25, 0.3) is 0 Å². The van der Waals surface area contributed by atoms with Crippen molar-refractivity contribution in [3.05, 3.63) is 29.8 Å². The summed E-state index contributed by atoms with van der Waals surface area (Å²) >= 11 is 0. The van der Waals surface area contributed by atoms with Gasteiger partial charge < -0.3 is 5.32 Å². The van der Waals surface area contributed by atoms with Gasteiger partial charge in [-0.3, -0.25) is 9.69 Å². The minimum absolute atomic E-state index is 0.00172. The van der Waals surface area contributed by atoms with Gasteiger partial charge in [-0.2, -0.15) is 4.31 Å². The summed E-state index contributed by atoms with van der Waals surface area (Å²) in [6, 6.07) is 7.38. The van der Waals surface area contributed by atoms with Crippen LogP contribution in [-0.4, -0.2) is 62.3 Å². The maximum absolute atomic E-state index is 12.9. The molecule has 1 aliphatic heterocycles. The Morgan fingerprint density at radius 3 is 2.11 bits per heavy atom. The number of hydrogen-bond donors (Lipinski definition) is 1. The number of nitrogens with zero attached hydrogens (tertiary/aromatic N) is 2. The third-order valence-corrected chi connectivity index (χ3v) is 7.70. The number of benzene rings is 1. The topological polar surface area (TPSA) is 69.7 Å². The molecule has 0 radical (unpaired) electrons. The summed E-state index contributed by atoms with van der Waals surface area (Å²) in [6.45, 7) is 12.7. The summed E-state index contributed by atoms with van der Waals surface area (Å²) in [5, 5.41) is 3.00. The van der Waals surface area contributed by atoms with Crippen molar-refractivity contribution in [1.29, 1.82) is 0 Å². The molecule has 0 bridgehead atoms. The van der Waals surface area contributed by atoms with Crippen molar-refractivity contribution in [3.63, 3.8) is 0 Å². The molecule has 1 N–H and O–H groups in total. The molecule has 1 heterocycles. The smallest absolute Gasteiger partial charge is 0.243 e. The first-order valence-electron chi connectivity index (χ1n) is 10.3. The van der Waals surface area contributed by atoms with E-state index in [0.29, 0.717) is 49.5 Å². The fraction of sp³-hybridized carbons (Fsp3) is 0.667. The number of hydrogen-bond acceptors (Lipinski definition) is 4. The lowest BCUT2D eigenvalue weighted by Gasteiger charge is -2.33. The van der Waals surface area contributed by atoms with Gasteiger partial charge in [-0.05, 0) is 42.9 Å². The van der Waals surface area contributed by atoms with E-state index in [-0.39, 0.29) is 11.9 Å². The van der Waals surface area contributed by atoms with E-state index < -0.39 is 10.0 Å². The van der Waals surface area contributed by atoms with Gasteiger partial charge >= 0.3 is 0 Å². The van der Waals surface area contributed by atoms with Crippen molar-refractivity contribution in [2.45, 2.75) is 57.9 Å². The monoisotopic (exact) mass is 409 g/mol. The Balaban J connectivity index is 1.92. The normalized spacial score (nSPS) is 18.8. The maximum atomic E-state index is 12.9. The first-order chi connectivity index (χ1) is 13.1. The molecular weight excluding hydrogens is 374 g/mol. The van der Waals surface area contributed by atoms with Crippen molar-refractivity contribution in [2.24, 2.45) is 5.92 Å². The van der Waals surface area contributed by atoms with Crippen molar-refractivity contribution in [2.75, 3.05) is 32.7 Å². The van der Waals surface area contributed by atoms with E-state index in [1.807, 2.05) is 24.0 Å². The molecule has 0 saturated carbocycles. The maximum Gasteiger partial charge on any atom is 0.243 e. The van der Waals surface area contributed by atoms with Gasteiger partial charge in [0, 0.05) is 32.2 Å². The van der Waals surface area contributed by atoms with Crippen LogP contribution < -0.4 is 5.32 Å². The highest BCUT2D eigenvalue weighted by atomic mass is 32.2. The fourth-order valence-electron chi connectivity index (χ4n) is 3.15. The van der Waals surface area contributed by atoms with Gasteiger partial charge in [0.05, 0.1) is 11.4 Å².